The van der Waals surface area contributed by atoms with Crippen LogP contribution in [0.5, 0.6) is 5.75 Å². The molecule has 4 nitrogen and oxygen atoms in total. The number of benzene rings is 1. The lowest BCUT2D eigenvalue weighted by atomic mass is 9.77. The molecule has 1 aromatic rings. The first kappa shape index (κ1) is 12.9. The Kier molecular flexibility index (Phi) is 3.57. The van der Waals surface area contributed by atoms with Gasteiger partial charge in [0.1, 0.15) is 5.75 Å². The molecule has 0 spiro atoms. The van der Waals surface area contributed by atoms with Crippen molar-refractivity contribution in [2.45, 2.75) is 32.7 Å². The minimum Gasteiger partial charge on any atom is -0.508 e. The summed E-state index contributed by atoms with van der Waals surface area (Å²) < 4.78 is 0. The van der Waals surface area contributed by atoms with Crippen LogP contribution >= 0.6 is 0 Å². The Morgan fingerprint density at radius 3 is 2.94 bits per heavy atom. The smallest absolute Gasteiger partial charge is 0.242 e. The fourth-order valence-electron chi connectivity index (χ4n) is 2.46. The van der Waals surface area contributed by atoms with Gasteiger partial charge in [0.15, 0.2) is 0 Å². The molecule has 0 aliphatic carbocycles. The van der Waals surface area contributed by atoms with E-state index < -0.39 is 0 Å². The van der Waals surface area contributed by atoms with E-state index in [0.29, 0.717) is 5.69 Å². The van der Waals surface area contributed by atoms with Crippen LogP contribution < -0.4 is 10.6 Å². The largest absolute Gasteiger partial charge is 0.508 e. The molecule has 0 radical (unpaired) electrons. The second-order valence-corrected chi connectivity index (χ2v) is 5.52. The number of rotatable bonds is 2. The van der Waals surface area contributed by atoms with E-state index in [2.05, 4.69) is 24.5 Å². The molecular formula is C14H20N2O2. The zero-order valence-corrected chi connectivity index (χ0v) is 10.9. The Morgan fingerprint density at radius 1 is 1.50 bits per heavy atom. The summed E-state index contributed by atoms with van der Waals surface area (Å²) >= 11 is 0. The lowest BCUT2D eigenvalue weighted by molar-refractivity contribution is -0.121. The topological polar surface area (TPSA) is 61.4 Å². The third-order valence-electron chi connectivity index (χ3n) is 3.50. The molecule has 1 heterocycles. The molecule has 0 bridgehead atoms. The lowest BCUT2D eigenvalue weighted by Gasteiger charge is -2.38. The summed E-state index contributed by atoms with van der Waals surface area (Å²) in [7, 11) is 0. The highest BCUT2D eigenvalue weighted by molar-refractivity contribution is 5.95. The Hall–Kier alpha value is -1.55. The molecule has 1 saturated heterocycles. The number of hydrogen-bond donors (Lipinski definition) is 3. The first-order chi connectivity index (χ1) is 8.49. The second-order valence-electron chi connectivity index (χ2n) is 5.52. The van der Waals surface area contributed by atoms with E-state index in [1.807, 2.05) is 0 Å². The summed E-state index contributed by atoms with van der Waals surface area (Å²) in [5.74, 6) is 0.119. The lowest BCUT2D eigenvalue weighted by Crippen LogP contribution is -2.53. The number of hydrogen-bond acceptors (Lipinski definition) is 3. The van der Waals surface area contributed by atoms with Crippen LogP contribution in [0.15, 0.2) is 24.3 Å². The molecule has 4 heteroatoms. The van der Waals surface area contributed by atoms with Crippen molar-refractivity contribution >= 4 is 11.6 Å². The van der Waals surface area contributed by atoms with Gasteiger partial charge in [-0.3, -0.25) is 4.79 Å². The Labute approximate surface area is 107 Å². The Morgan fingerprint density at radius 2 is 2.28 bits per heavy atom. The van der Waals surface area contributed by atoms with Gasteiger partial charge in [-0.1, -0.05) is 19.9 Å². The standard InChI is InChI=1S/C14H20N2O2/c1-14(2)7-4-8-15-12(14)13(18)16-10-5-3-6-11(17)9-10/h3,5-6,9,12,15,17H,4,7-8H2,1-2H3,(H,16,18). The second kappa shape index (κ2) is 4.98. The summed E-state index contributed by atoms with van der Waals surface area (Å²) in [5, 5.41) is 15.5. The van der Waals surface area contributed by atoms with Crippen molar-refractivity contribution in [1.29, 1.82) is 0 Å². The highest BCUT2D eigenvalue weighted by Crippen LogP contribution is 2.30. The van der Waals surface area contributed by atoms with E-state index >= 15 is 0 Å². The Balaban J connectivity index is 2.07. The van der Waals surface area contributed by atoms with Gasteiger partial charge in [-0.2, -0.15) is 0 Å². The minimum absolute atomic E-state index is 0.0368. The van der Waals surface area contributed by atoms with E-state index in [4.69, 9.17) is 0 Å². The predicted octanol–water partition coefficient (Wildman–Crippen LogP) is 2.11. The van der Waals surface area contributed by atoms with Crippen LogP contribution in [0.2, 0.25) is 0 Å². The molecule has 18 heavy (non-hydrogen) atoms. The zero-order valence-electron chi connectivity index (χ0n) is 10.9. The molecule has 1 atom stereocenters. The van der Waals surface area contributed by atoms with E-state index in [1.165, 1.54) is 0 Å². The average Bonchev–Trinajstić information content (AvgIpc) is 2.28. The van der Waals surface area contributed by atoms with E-state index in [0.717, 1.165) is 19.4 Å². The van der Waals surface area contributed by atoms with Gasteiger partial charge < -0.3 is 15.7 Å². The summed E-state index contributed by atoms with van der Waals surface area (Å²) in [5.41, 5.74) is 0.585. The highest BCUT2D eigenvalue weighted by atomic mass is 16.3. The SMILES string of the molecule is CC1(C)CCCNC1C(=O)Nc1cccc(O)c1. The van der Waals surface area contributed by atoms with Crippen LogP contribution in [0.1, 0.15) is 26.7 Å². The number of amides is 1. The number of anilines is 1. The average molecular weight is 248 g/mol. The first-order valence-corrected chi connectivity index (χ1v) is 6.32. The highest BCUT2D eigenvalue weighted by Gasteiger charge is 2.36. The van der Waals surface area contributed by atoms with Crippen LogP contribution in [-0.2, 0) is 4.79 Å². The molecule has 1 aliphatic heterocycles. The predicted molar refractivity (Wildman–Crippen MR) is 71.5 cm³/mol. The van der Waals surface area contributed by atoms with Gasteiger partial charge in [-0.25, -0.2) is 0 Å². The molecule has 98 valence electrons. The van der Waals surface area contributed by atoms with Crippen molar-refractivity contribution < 1.29 is 9.90 Å². The molecular weight excluding hydrogens is 228 g/mol. The molecule has 1 aliphatic rings. The van der Waals surface area contributed by atoms with E-state index in [9.17, 15) is 9.90 Å². The maximum Gasteiger partial charge on any atom is 0.242 e. The molecule has 2 rings (SSSR count). The number of piperidine rings is 1. The van der Waals surface area contributed by atoms with Crippen LogP contribution in [0.25, 0.3) is 0 Å². The van der Waals surface area contributed by atoms with Gasteiger partial charge in [-0.15, -0.1) is 0 Å². The summed E-state index contributed by atoms with van der Waals surface area (Å²) in [4.78, 5) is 12.2. The van der Waals surface area contributed by atoms with E-state index in [1.54, 1.807) is 24.3 Å². The number of phenolic OH excluding ortho intramolecular Hbond substituents is 1. The number of aromatic hydroxyl groups is 1. The van der Waals surface area contributed by atoms with Gasteiger partial charge in [0.05, 0.1) is 6.04 Å². The summed E-state index contributed by atoms with van der Waals surface area (Å²) in [6.45, 7) is 5.08. The molecule has 1 unspecified atom stereocenters. The number of carbonyl (C=O) groups is 1. The third kappa shape index (κ3) is 2.82. The molecule has 1 fully saturated rings. The van der Waals surface area contributed by atoms with Crippen molar-refractivity contribution in [3.63, 3.8) is 0 Å². The number of carbonyl (C=O) groups excluding carboxylic acids is 1. The maximum atomic E-state index is 12.2. The molecule has 0 saturated carbocycles. The molecule has 1 aromatic carbocycles. The fourth-order valence-corrected chi connectivity index (χ4v) is 2.46. The van der Waals surface area contributed by atoms with Crippen LogP contribution in [0.4, 0.5) is 5.69 Å². The van der Waals surface area contributed by atoms with Crippen molar-refractivity contribution in [3.8, 4) is 5.75 Å². The molecule has 0 aromatic heterocycles. The quantitative estimate of drug-likeness (QED) is 0.751. The molecule has 1 amide bonds. The van der Waals surface area contributed by atoms with E-state index in [-0.39, 0.29) is 23.1 Å². The number of phenols is 1. The van der Waals surface area contributed by atoms with Crippen LogP contribution in [-0.4, -0.2) is 23.6 Å². The maximum absolute atomic E-state index is 12.2. The van der Waals surface area contributed by atoms with Gasteiger partial charge in [-0.05, 0) is 36.9 Å². The Bertz CT molecular complexity index is 443. The zero-order chi connectivity index (χ0) is 13.2. The summed E-state index contributed by atoms with van der Waals surface area (Å²) in [6.07, 6.45) is 2.14. The van der Waals surface area contributed by atoms with Crippen LogP contribution in [0, 0.1) is 5.41 Å². The van der Waals surface area contributed by atoms with Gasteiger partial charge >= 0.3 is 0 Å². The minimum atomic E-state index is -0.186. The summed E-state index contributed by atoms with van der Waals surface area (Å²) in [6, 6.07) is 6.43. The van der Waals surface area contributed by atoms with Crippen molar-refractivity contribution in [2.24, 2.45) is 5.41 Å². The van der Waals surface area contributed by atoms with Crippen molar-refractivity contribution in [1.82, 2.24) is 5.32 Å². The fraction of sp³-hybridized carbons (Fsp3) is 0.500. The van der Waals surface area contributed by atoms with Crippen molar-refractivity contribution in [2.75, 3.05) is 11.9 Å². The van der Waals surface area contributed by atoms with Gasteiger partial charge in [0.2, 0.25) is 5.91 Å². The molecule has 3 N–H and O–H groups in total. The number of nitrogens with one attached hydrogen (secondary N) is 2. The first-order valence-electron chi connectivity index (χ1n) is 6.32. The van der Waals surface area contributed by atoms with Crippen LogP contribution in [0.3, 0.4) is 0 Å². The normalized spacial score (nSPS) is 22.4. The van der Waals surface area contributed by atoms with Crippen molar-refractivity contribution in [3.05, 3.63) is 24.3 Å². The third-order valence-corrected chi connectivity index (χ3v) is 3.50. The monoisotopic (exact) mass is 248 g/mol. The van der Waals surface area contributed by atoms with Gasteiger partial charge in [0.25, 0.3) is 0 Å². The van der Waals surface area contributed by atoms with Gasteiger partial charge in [0, 0.05) is 11.8 Å².